The van der Waals surface area contributed by atoms with Gasteiger partial charge in [-0.1, -0.05) is 6.58 Å². The Morgan fingerprint density at radius 2 is 1.85 bits per heavy atom. The summed E-state index contributed by atoms with van der Waals surface area (Å²) in [6.07, 6.45) is 0. The molecular weight excluding hydrogens is 303 g/mol. The van der Waals surface area contributed by atoms with Crippen LogP contribution in [0.4, 0.5) is 23.0 Å². The first-order valence-corrected chi connectivity index (χ1v) is 6.37. The minimum absolute atomic E-state index is 0.0433. The second kappa shape index (κ2) is 6.90. The molecule has 0 saturated carbocycles. The second-order valence-corrected chi connectivity index (χ2v) is 5.03. The molecule has 0 N–H and O–H groups in total. The van der Waals surface area contributed by atoms with E-state index in [1.807, 2.05) is 0 Å². The maximum absolute atomic E-state index is 11.4. The minimum atomic E-state index is -6.00. The van der Waals surface area contributed by atoms with Gasteiger partial charge in [0.05, 0.1) is 12.0 Å². The van der Waals surface area contributed by atoms with Gasteiger partial charge in [0, 0.05) is 17.5 Å². The third-order valence-corrected chi connectivity index (χ3v) is 3.16. The number of ether oxygens (including phenoxy) is 1. The number of rotatable bonds is 3. The van der Waals surface area contributed by atoms with Crippen LogP contribution in [0.15, 0.2) is 35.1 Å². The number of diazo groups is 1. The Morgan fingerprint density at radius 3 is 2.20 bits per heavy atom. The Kier molecular flexibility index (Phi) is 6.18. The van der Waals surface area contributed by atoms with Crippen molar-refractivity contribution in [1.29, 1.82) is 5.39 Å². The Labute approximate surface area is 112 Å². The van der Waals surface area contributed by atoms with Gasteiger partial charge in [-0.3, -0.25) is 0 Å². The monoisotopic (exact) mass is 312 g/mol. The predicted molar refractivity (Wildman–Crippen MR) is 65.3 cm³/mol. The molecule has 0 heterocycles. The number of nitrogens with zero attached hydrogens (tertiary/aromatic N) is 2. The van der Waals surface area contributed by atoms with E-state index in [0.29, 0.717) is 0 Å². The molecule has 0 aliphatic heterocycles. The summed E-state index contributed by atoms with van der Waals surface area (Å²) >= 11 is 0. The van der Waals surface area contributed by atoms with Gasteiger partial charge in [0.25, 0.3) is 0 Å². The van der Waals surface area contributed by atoms with Crippen molar-refractivity contribution in [3.8, 4) is 5.75 Å². The van der Waals surface area contributed by atoms with E-state index in [-0.39, 0.29) is 16.3 Å². The third-order valence-electron chi connectivity index (χ3n) is 1.81. The third kappa shape index (κ3) is 6.19. The highest BCUT2D eigenvalue weighted by molar-refractivity contribution is 7.94. The van der Waals surface area contributed by atoms with E-state index in [1.165, 1.54) is 25.3 Å². The zero-order valence-corrected chi connectivity index (χ0v) is 10.9. The summed E-state index contributed by atoms with van der Waals surface area (Å²) in [6, 6.07) is 3.93. The van der Waals surface area contributed by atoms with Gasteiger partial charge in [-0.05, 0) is 6.07 Å². The van der Waals surface area contributed by atoms with Crippen LogP contribution in [-0.4, -0.2) is 22.8 Å². The van der Waals surface area contributed by atoms with E-state index in [9.17, 15) is 25.7 Å². The standard InChI is InChI=1S/C9H9N2O3S.BF4/c1-3-15(12,13)7-4-5-8(11-10)9(6-7)14-2;2-1(3,4)5/h3-6H,1H2,2H3;/q+1;-1. The van der Waals surface area contributed by atoms with E-state index in [0.717, 1.165) is 5.41 Å². The van der Waals surface area contributed by atoms with Crippen LogP contribution in [0.1, 0.15) is 0 Å². The molecule has 0 bridgehead atoms. The van der Waals surface area contributed by atoms with E-state index in [4.69, 9.17) is 10.1 Å². The normalized spacial score (nSPS) is 10.8. The molecule has 11 heteroatoms. The molecule has 1 aromatic rings. The molecule has 5 nitrogen and oxygen atoms in total. The summed E-state index contributed by atoms with van der Waals surface area (Å²) in [5.74, 6) is 0.181. The number of benzene rings is 1. The molecule has 0 atom stereocenters. The van der Waals surface area contributed by atoms with Crippen molar-refractivity contribution < 1.29 is 30.4 Å². The van der Waals surface area contributed by atoms with Crippen molar-refractivity contribution in [3.63, 3.8) is 0 Å². The fourth-order valence-electron chi connectivity index (χ4n) is 1.01. The van der Waals surface area contributed by atoms with Gasteiger partial charge >= 0.3 is 12.9 Å². The van der Waals surface area contributed by atoms with Gasteiger partial charge in [0.1, 0.15) is 0 Å². The Morgan fingerprint density at radius 1 is 1.35 bits per heavy atom. The summed E-state index contributed by atoms with van der Waals surface area (Å²) < 4.78 is 66.7. The highest BCUT2D eigenvalue weighted by atomic mass is 32.2. The molecular formula is C9H9BF4N2O3S. The summed E-state index contributed by atoms with van der Waals surface area (Å²) in [5, 5.41) is 9.42. The molecule has 0 aliphatic carbocycles. The van der Waals surface area contributed by atoms with E-state index >= 15 is 0 Å². The van der Waals surface area contributed by atoms with Gasteiger partial charge in [0.15, 0.2) is 14.8 Å². The highest BCUT2D eigenvalue weighted by Crippen LogP contribution is 2.30. The molecule has 0 spiro atoms. The van der Waals surface area contributed by atoms with Crippen molar-refractivity contribution in [2.75, 3.05) is 7.11 Å². The zero-order valence-electron chi connectivity index (χ0n) is 10.1. The maximum atomic E-state index is 11.4. The van der Waals surface area contributed by atoms with Crippen molar-refractivity contribution in [2.24, 2.45) is 0 Å². The van der Waals surface area contributed by atoms with Crippen molar-refractivity contribution in [1.82, 2.24) is 0 Å². The molecule has 1 aromatic carbocycles. The van der Waals surface area contributed by atoms with Gasteiger partial charge in [-0.2, -0.15) is 0 Å². The number of halogens is 4. The van der Waals surface area contributed by atoms with Crippen molar-refractivity contribution in [2.45, 2.75) is 4.90 Å². The quantitative estimate of drug-likeness (QED) is 0.487. The van der Waals surface area contributed by atoms with Gasteiger partial charge in [0.2, 0.25) is 11.1 Å². The fraction of sp³-hybridized carbons (Fsp3) is 0.111. The van der Waals surface area contributed by atoms with Crippen molar-refractivity contribution >= 4 is 22.8 Å². The Bertz CT molecular complexity index is 619. The highest BCUT2D eigenvalue weighted by Gasteiger charge is 2.20. The topological polar surface area (TPSA) is 71.5 Å². The first kappa shape index (κ1) is 17.9. The lowest BCUT2D eigenvalue weighted by atomic mass is 10.3. The van der Waals surface area contributed by atoms with Crippen LogP contribution in [0, 0.1) is 5.39 Å². The van der Waals surface area contributed by atoms with Gasteiger partial charge < -0.3 is 22.0 Å². The van der Waals surface area contributed by atoms with Crippen LogP contribution < -0.4 is 4.74 Å². The number of hydrogen-bond acceptors (Lipinski definition) is 4. The summed E-state index contributed by atoms with van der Waals surface area (Å²) in [5.41, 5.74) is 0.167. The van der Waals surface area contributed by atoms with Crippen LogP contribution in [-0.2, 0) is 9.84 Å². The molecule has 0 amide bonds. The van der Waals surface area contributed by atoms with E-state index < -0.39 is 17.1 Å². The largest absolute Gasteiger partial charge is 0.673 e. The average Bonchev–Trinajstić information content (AvgIpc) is 2.35. The smallest absolute Gasteiger partial charge is 0.489 e. The molecule has 0 aliphatic rings. The lowest BCUT2D eigenvalue weighted by Gasteiger charge is -2.00. The van der Waals surface area contributed by atoms with Crippen LogP contribution >= 0.6 is 0 Å². The number of sulfone groups is 1. The Balaban J connectivity index is 0.000000621. The molecule has 0 saturated heterocycles. The van der Waals surface area contributed by atoms with Crippen LogP contribution in [0.5, 0.6) is 5.75 Å². The van der Waals surface area contributed by atoms with Crippen molar-refractivity contribution in [3.05, 3.63) is 35.2 Å². The molecule has 0 fully saturated rings. The first-order chi connectivity index (χ1) is 9.05. The SMILES string of the molecule is C=CS(=O)(=O)c1ccc([N+]#N)c(OC)c1.F[B-](F)(F)F. The molecule has 0 aromatic heterocycles. The summed E-state index contributed by atoms with van der Waals surface area (Å²) in [4.78, 5) is 2.99. The lowest BCUT2D eigenvalue weighted by molar-refractivity contribution is 0.368. The zero-order chi connectivity index (χ0) is 16.0. The molecule has 110 valence electrons. The number of hydrogen-bond donors (Lipinski definition) is 0. The summed E-state index contributed by atoms with van der Waals surface area (Å²) in [6.45, 7) is 3.21. The molecule has 0 unspecified atom stereocenters. The van der Waals surface area contributed by atoms with E-state index in [2.05, 4.69) is 11.6 Å². The Hall–Kier alpha value is -2.09. The van der Waals surface area contributed by atoms with Crippen LogP contribution in [0.2, 0.25) is 0 Å². The second-order valence-electron chi connectivity index (χ2n) is 3.14. The number of methoxy groups -OCH3 is 1. The van der Waals surface area contributed by atoms with Gasteiger partial charge in [-0.15, -0.1) is 0 Å². The molecule has 0 radical (unpaired) electrons. The van der Waals surface area contributed by atoms with Gasteiger partial charge in [-0.25, -0.2) is 8.42 Å². The van der Waals surface area contributed by atoms with Crippen LogP contribution in [0.25, 0.3) is 4.98 Å². The average molecular weight is 312 g/mol. The maximum Gasteiger partial charge on any atom is 0.673 e. The minimum Gasteiger partial charge on any atom is -0.489 e. The van der Waals surface area contributed by atoms with E-state index in [1.54, 1.807) is 0 Å². The van der Waals surface area contributed by atoms with Crippen LogP contribution in [0.3, 0.4) is 0 Å². The molecule has 20 heavy (non-hydrogen) atoms. The summed E-state index contributed by atoms with van der Waals surface area (Å²) in [7, 11) is -8.14. The molecule has 1 rings (SSSR count). The lowest BCUT2D eigenvalue weighted by Crippen LogP contribution is -2.02. The predicted octanol–water partition coefficient (Wildman–Crippen LogP) is 3.40. The fourth-order valence-corrected chi connectivity index (χ4v) is 1.74. The first-order valence-electron chi connectivity index (χ1n) is 4.83.